The molecule has 1 aliphatic rings. The number of aromatic nitrogens is 2. The third-order valence-electron chi connectivity index (χ3n) is 6.85. The summed E-state index contributed by atoms with van der Waals surface area (Å²) in [5.41, 5.74) is 3.48. The molecule has 34 heavy (non-hydrogen) atoms. The molecule has 0 spiro atoms. The molecule has 1 heterocycles. The van der Waals surface area contributed by atoms with E-state index in [9.17, 15) is 4.79 Å². The summed E-state index contributed by atoms with van der Waals surface area (Å²) in [5, 5.41) is 0. The molecule has 1 aromatic heterocycles. The van der Waals surface area contributed by atoms with Gasteiger partial charge in [-0.2, -0.15) is 0 Å². The van der Waals surface area contributed by atoms with E-state index in [1.165, 1.54) is 7.11 Å². The van der Waals surface area contributed by atoms with Crippen LogP contribution >= 0.6 is 0 Å². The monoisotopic (exact) mass is 447 g/mol. The molecule has 3 atom stereocenters. The highest BCUT2D eigenvalue weighted by atomic mass is 16.5. The standard InChI is InChI=1S/C29H25N3O2/c1-30-18-24-26(27(24)28(33)34-2)25-19-32(20-31-25)29(21-12-6-3-7-13-21,22-14-8-4-9-15-22)23-16-10-5-11-17-23/h3-17,19-20,24,26-27H,18H2,2H3/t24-,26+,27+/m0/s1. The first-order valence-electron chi connectivity index (χ1n) is 11.3. The molecule has 5 heteroatoms. The molecule has 0 radical (unpaired) electrons. The topological polar surface area (TPSA) is 48.5 Å². The van der Waals surface area contributed by atoms with Gasteiger partial charge in [-0.3, -0.25) is 4.79 Å². The normalized spacial score (nSPS) is 19.2. The molecule has 4 aromatic rings. The Morgan fingerprint density at radius 2 is 1.44 bits per heavy atom. The van der Waals surface area contributed by atoms with Gasteiger partial charge in [0.15, 0.2) is 0 Å². The smallest absolute Gasteiger partial charge is 0.309 e. The minimum atomic E-state index is -0.653. The quantitative estimate of drug-likeness (QED) is 0.224. The molecule has 0 aliphatic heterocycles. The highest BCUT2D eigenvalue weighted by Gasteiger charge is 2.59. The first-order chi connectivity index (χ1) is 16.7. The molecule has 0 bridgehead atoms. The second-order valence-corrected chi connectivity index (χ2v) is 8.59. The second-order valence-electron chi connectivity index (χ2n) is 8.59. The van der Waals surface area contributed by atoms with Crippen molar-refractivity contribution in [1.82, 2.24) is 9.55 Å². The van der Waals surface area contributed by atoms with E-state index in [2.05, 4.69) is 45.8 Å². The van der Waals surface area contributed by atoms with E-state index in [-0.39, 0.29) is 23.7 Å². The van der Waals surface area contributed by atoms with Gasteiger partial charge in [0, 0.05) is 12.1 Å². The van der Waals surface area contributed by atoms with Crippen molar-refractivity contribution in [2.45, 2.75) is 11.5 Å². The number of carbonyl (C=O) groups excluding carboxylic acids is 1. The van der Waals surface area contributed by atoms with Gasteiger partial charge in [-0.15, -0.1) is 0 Å². The van der Waals surface area contributed by atoms with Crippen molar-refractivity contribution < 1.29 is 9.53 Å². The van der Waals surface area contributed by atoms with Crippen molar-refractivity contribution in [3.63, 3.8) is 0 Å². The average Bonchev–Trinajstić information content (AvgIpc) is 3.39. The molecule has 0 N–H and O–H groups in total. The van der Waals surface area contributed by atoms with E-state index in [1.54, 1.807) is 0 Å². The number of hydrogen-bond acceptors (Lipinski definition) is 3. The third-order valence-corrected chi connectivity index (χ3v) is 6.85. The largest absolute Gasteiger partial charge is 0.469 e. The van der Waals surface area contributed by atoms with Crippen LogP contribution in [0.4, 0.5) is 0 Å². The number of rotatable bonds is 7. The minimum Gasteiger partial charge on any atom is -0.469 e. The van der Waals surface area contributed by atoms with E-state index in [0.29, 0.717) is 6.54 Å². The summed E-state index contributed by atoms with van der Waals surface area (Å²) in [7, 11) is 1.40. The van der Waals surface area contributed by atoms with Gasteiger partial charge in [-0.25, -0.2) is 11.6 Å². The van der Waals surface area contributed by atoms with Crippen molar-refractivity contribution in [3.05, 3.63) is 137 Å². The summed E-state index contributed by atoms with van der Waals surface area (Å²) < 4.78 is 7.15. The van der Waals surface area contributed by atoms with E-state index in [1.807, 2.05) is 67.1 Å². The lowest BCUT2D eigenvalue weighted by molar-refractivity contribution is -0.142. The predicted octanol–water partition coefficient (Wildman–Crippen LogP) is 5.15. The van der Waals surface area contributed by atoms with Gasteiger partial charge >= 0.3 is 5.97 Å². The molecule has 5 rings (SSSR count). The summed E-state index contributed by atoms with van der Waals surface area (Å²) >= 11 is 0. The number of ether oxygens (including phenoxy) is 1. The fourth-order valence-electron chi connectivity index (χ4n) is 5.25. The lowest BCUT2D eigenvalue weighted by Gasteiger charge is -2.37. The van der Waals surface area contributed by atoms with Crippen LogP contribution in [0, 0.1) is 18.4 Å². The van der Waals surface area contributed by atoms with Gasteiger partial charge in [0.1, 0.15) is 5.54 Å². The van der Waals surface area contributed by atoms with Crippen LogP contribution < -0.4 is 0 Å². The first kappa shape index (κ1) is 21.7. The van der Waals surface area contributed by atoms with Gasteiger partial charge in [0.05, 0.1) is 31.0 Å². The number of carbonyl (C=O) groups is 1. The number of methoxy groups -OCH3 is 1. The number of benzene rings is 3. The lowest BCUT2D eigenvalue weighted by Crippen LogP contribution is -2.36. The predicted molar refractivity (Wildman–Crippen MR) is 130 cm³/mol. The molecule has 0 saturated heterocycles. The van der Waals surface area contributed by atoms with Crippen LogP contribution in [0.25, 0.3) is 4.85 Å². The van der Waals surface area contributed by atoms with Crippen LogP contribution in [0.5, 0.6) is 0 Å². The van der Waals surface area contributed by atoms with E-state index in [0.717, 1.165) is 22.4 Å². The van der Waals surface area contributed by atoms with E-state index in [4.69, 9.17) is 16.3 Å². The zero-order valence-electron chi connectivity index (χ0n) is 18.9. The molecular formula is C29H25N3O2. The maximum atomic E-state index is 12.4. The summed E-state index contributed by atoms with van der Waals surface area (Å²) in [6.45, 7) is 7.59. The Morgan fingerprint density at radius 1 is 0.941 bits per heavy atom. The van der Waals surface area contributed by atoms with Crippen molar-refractivity contribution in [2.75, 3.05) is 13.7 Å². The zero-order chi connectivity index (χ0) is 23.5. The molecule has 3 aromatic carbocycles. The van der Waals surface area contributed by atoms with Gasteiger partial charge in [0.25, 0.3) is 0 Å². The van der Waals surface area contributed by atoms with Crippen LogP contribution in [0.15, 0.2) is 104 Å². The Bertz CT molecular complexity index is 1210. The van der Waals surface area contributed by atoms with Crippen molar-refractivity contribution in [2.24, 2.45) is 11.8 Å². The Hall–Kier alpha value is -4.17. The SMILES string of the molecule is [C-]#[N+]C[C@@H]1[C@@H](C(=O)OC)[C@H]1c1cn(C(c2ccccc2)(c2ccccc2)c2ccccc2)cn1. The van der Waals surface area contributed by atoms with E-state index >= 15 is 0 Å². The zero-order valence-corrected chi connectivity index (χ0v) is 18.9. The molecule has 1 aliphatic carbocycles. The minimum absolute atomic E-state index is 0.0622. The fraction of sp³-hybridized carbons (Fsp3) is 0.207. The Morgan fingerprint density at radius 3 is 1.88 bits per heavy atom. The number of hydrogen-bond donors (Lipinski definition) is 0. The molecule has 5 nitrogen and oxygen atoms in total. The van der Waals surface area contributed by atoms with Crippen LogP contribution in [0.3, 0.4) is 0 Å². The van der Waals surface area contributed by atoms with Crippen LogP contribution in [0.1, 0.15) is 28.3 Å². The maximum Gasteiger partial charge on any atom is 0.309 e. The molecule has 0 unspecified atom stereocenters. The Balaban J connectivity index is 1.70. The number of imidazole rings is 1. The highest BCUT2D eigenvalue weighted by Crippen LogP contribution is 2.54. The molecule has 1 fully saturated rings. The summed E-state index contributed by atoms with van der Waals surface area (Å²) in [6, 6.07) is 31.2. The summed E-state index contributed by atoms with van der Waals surface area (Å²) in [6.07, 6.45) is 3.89. The summed E-state index contributed by atoms with van der Waals surface area (Å²) in [4.78, 5) is 20.7. The summed E-state index contributed by atoms with van der Waals surface area (Å²) in [5.74, 6) is -0.758. The van der Waals surface area contributed by atoms with Gasteiger partial charge in [-0.05, 0) is 16.7 Å². The van der Waals surface area contributed by atoms with Gasteiger partial charge in [-0.1, -0.05) is 91.0 Å². The Labute approximate surface area is 199 Å². The number of nitrogens with zero attached hydrogens (tertiary/aromatic N) is 3. The van der Waals surface area contributed by atoms with Crippen molar-refractivity contribution in [1.29, 1.82) is 0 Å². The first-order valence-corrected chi connectivity index (χ1v) is 11.3. The van der Waals surface area contributed by atoms with Crippen LogP contribution in [-0.4, -0.2) is 29.2 Å². The lowest BCUT2D eigenvalue weighted by atomic mass is 9.77. The second kappa shape index (κ2) is 8.99. The Kier molecular flexibility index (Phi) is 5.73. The van der Waals surface area contributed by atoms with Crippen LogP contribution in [-0.2, 0) is 15.1 Å². The van der Waals surface area contributed by atoms with Crippen LogP contribution in [0.2, 0.25) is 0 Å². The molecule has 1 saturated carbocycles. The molecule has 168 valence electrons. The fourth-order valence-corrected chi connectivity index (χ4v) is 5.25. The van der Waals surface area contributed by atoms with Crippen molar-refractivity contribution in [3.8, 4) is 0 Å². The maximum absolute atomic E-state index is 12.4. The highest BCUT2D eigenvalue weighted by molar-refractivity contribution is 5.78. The van der Waals surface area contributed by atoms with E-state index < -0.39 is 5.54 Å². The third kappa shape index (κ3) is 3.48. The molecule has 0 amide bonds. The number of esters is 1. The molecular weight excluding hydrogens is 422 g/mol. The van der Waals surface area contributed by atoms with Crippen molar-refractivity contribution >= 4 is 5.97 Å². The van der Waals surface area contributed by atoms with Gasteiger partial charge < -0.3 is 14.1 Å². The average molecular weight is 448 g/mol. The van der Waals surface area contributed by atoms with Gasteiger partial charge in [0.2, 0.25) is 6.54 Å².